The second-order valence-corrected chi connectivity index (χ2v) is 11.6. The molecule has 0 saturated heterocycles. The smallest absolute Gasteiger partial charge is 0.236 e. The first-order chi connectivity index (χ1) is 17.4. The fraction of sp³-hybridized carbons (Fsp3) is 0.200. The summed E-state index contributed by atoms with van der Waals surface area (Å²) in [6.45, 7) is 6.40. The van der Waals surface area contributed by atoms with Crippen molar-refractivity contribution in [3.8, 4) is 11.3 Å². The second-order valence-electron chi connectivity index (χ2n) is 7.65. The quantitative estimate of drug-likeness (QED) is 0.149. The van der Waals surface area contributed by atoms with E-state index in [-0.39, 0.29) is 11.7 Å². The Morgan fingerprint density at radius 3 is 2.72 bits per heavy atom. The van der Waals surface area contributed by atoms with E-state index in [0.717, 1.165) is 33.3 Å². The zero-order chi connectivity index (χ0) is 25.5. The number of hydrogen-bond donors (Lipinski definition) is 1. The van der Waals surface area contributed by atoms with Crippen LogP contribution in [0.1, 0.15) is 16.3 Å². The molecule has 0 atom stereocenters. The van der Waals surface area contributed by atoms with Gasteiger partial charge in [-0.2, -0.15) is 0 Å². The molecule has 4 aromatic rings. The topological polar surface area (TPSA) is 72.7 Å². The van der Waals surface area contributed by atoms with Gasteiger partial charge in [-0.25, -0.2) is 4.98 Å². The molecular formula is C25H23Cl2N5OS3. The van der Waals surface area contributed by atoms with Crippen LogP contribution >= 0.6 is 58.1 Å². The van der Waals surface area contributed by atoms with E-state index >= 15 is 0 Å². The summed E-state index contributed by atoms with van der Waals surface area (Å²) < 4.78 is 1.97. The number of benzene rings is 2. The van der Waals surface area contributed by atoms with Crippen molar-refractivity contribution in [1.82, 2.24) is 19.7 Å². The van der Waals surface area contributed by atoms with Gasteiger partial charge in [-0.15, -0.1) is 39.9 Å². The Balaban J connectivity index is 1.34. The molecule has 4 rings (SSSR count). The second kappa shape index (κ2) is 12.8. The van der Waals surface area contributed by atoms with Gasteiger partial charge in [0.2, 0.25) is 5.91 Å². The van der Waals surface area contributed by atoms with E-state index < -0.39 is 0 Å². The molecule has 0 unspecified atom stereocenters. The molecule has 0 saturated carbocycles. The molecule has 36 heavy (non-hydrogen) atoms. The first-order valence-corrected chi connectivity index (χ1v) is 14.7. The van der Waals surface area contributed by atoms with Crippen molar-refractivity contribution in [1.29, 1.82) is 0 Å². The summed E-state index contributed by atoms with van der Waals surface area (Å²) in [7, 11) is 0. The van der Waals surface area contributed by atoms with Crippen molar-refractivity contribution >= 4 is 69.1 Å². The average Bonchev–Trinajstić information content (AvgIpc) is 3.42. The third-order valence-corrected chi connectivity index (χ3v) is 8.45. The number of thioether (sulfide) groups is 2. The maximum Gasteiger partial charge on any atom is 0.236 e. The number of anilines is 1. The van der Waals surface area contributed by atoms with E-state index in [9.17, 15) is 4.79 Å². The number of amides is 1. The van der Waals surface area contributed by atoms with Crippen LogP contribution in [0.4, 0.5) is 5.13 Å². The Kier molecular flexibility index (Phi) is 9.50. The number of aromatic nitrogens is 4. The summed E-state index contributed by atoms with van der Waals surface area (Å²) in [5, 5.41) is 14.1. The SMILES string of the molecule is C=CCn1c(CSCc2ccc(Cl)cc2Cl)nnc1SCC(=O)Nc1nc(-c2ccccc2)c(C)s1. The Labute approximate surface area is 232 Å². The van der Waals surface area contributed by atoms with Crippen LogP contribution in [-0.2, 0) is 22.8 Å². The molecule has 2 aromatic heterocycles. The predicted molar refractivity (Wildman–Crippen MR) is 153 cm³/mol. The standard InChI is InChI=1S/C25H23Cl2N5OS3/c1-3-11-32-21(14-34-13-18-9-10-19(26)12-20(18)27)30-31-25(32)35-15-22(33)28-24-29-23(16(2)36-24)17-7-5-4-6-8-17/h3-10,12H,1,11,13-15H2,2H3,(H,28,29,33). The van der Waals surface area contributed by atoms with Crippen LogP contribution in [0.3, 0.4) is 0 Å². The van der Waals surface area contributed by atoms with Gasteiger partial charge in [0.05, 0.1) is 17.2 Å². The molecule has 6 nitrogen and oxygen atoms in total. The highest BCUT2D eigenvalue weighted by atomic mass is 35.5. The summed E-state index contributed by atoms with van der Waals surface area (Å²) in [5.41, 5.74) is 2.93. The molecule has 0 radical (unpaired) electrons. The third-order valence-electron chi connectivity index (χ3n) is 5.03. The van der Waals surface area contributed by atoms with E-state index in [1.54, 1.807) is 23.9 Å². The van der Waals surface area contributed by atoms with E-state index in [4.69, 9.17) is 23.2 Å². The fourth-order valence-corrected chi connectivity index (χ4v) is 6.48. The molecule has 0 spiro atoms. The van der Waals surface area contributed by atoms with Crippen molar-refractivity contribution in [2.75, 3.05) is 11.1 Å². The van der Waals surface area contributed by atoms with Crippen LogP contribution in [-0.4, -0.2) is 31.4 Å². The maximum absolute atomic E-state index is 12.6. The first-order valence-electron chi connectivity index (χ1n) is 10.9. The Morgan fingerprint density at radius 1 is 1.17 bits per heavy atom. The normalized spacial score (nSPS) is 11.0. The minimum atomic E-state index is -0.144. The minimum Gasteiger partial charge on any atom is -0.301 e. The van der Waals surface area contributed by atoms with Crippen LogP contribution in [0, 0.1) is 6.92 Å². The Bertz CT molecular complexity index is 1360. The summed E-state index contributed by atoms with van der Waals surface area (Å²) >= 11 is 16.7. The highest BCUT2D eigenvalue weighted by Crippen LogP contribution is 2.31. The van der Waals surface area contributed by atoms with Gasteiger partial charge in [0.1, 0.15) is 5.82 Å². The molecule has 0 aliphatic rings. The Hall–Kier alpha value is -2.30. The predicted octanol–water partition coefficient (Wildman–Crippen LogP) is 7.37. The van der Waals surface area contributed by atoms with Crippen molar-refractivity contribution in [3.05, 3.63) is 87.5 Å². The van der Waals surface area contributed by atoms with E-state index in [1.807, 2.05) is 54.0 Å². The highest BCUT2D eigenvalue weighted by molar-refractivity contribution is 7.99. The molecule has 11 heteroatoms. The minimum absolute atomic E-state index is 0.144. The number of nitrogens with zero attached hydrogens (tertiary/aromatic N) is 4. The van der Waals surface area contributed by atoms with Crippen LogP contribution in [0.15, 0.2) is 66.3 Å². The van der Waals surface area contributed by atoms with E-state index in [0.29, 0.717) is 32.6 Å². The van der Waals surface area contributed by atoms with Gasteiger partial charge >= 0.3 is 0 Å². The largest absolute Gasteiger partial charge is 0.301 e. The van der Waals surface area contributed by atoms with Crippen molar-refractivity contribution in [2.24, 2.45) is 0 Å². The van der Waals surface area contributed by atoms with Gasteiger partial charge in [-0.05, 0) is 24.6 Å². The molecule has 0 aliphatic heterocycles. The van der Waals surface area contributed by atoms with Crippen molar-refractivity contribution in [2.45, 2.75) is 30.1 Å². The van der Waals surface area contributed by atoms with Crippen LogP contribution in [0.25, 0.3) is 11.3 Å². The zero-order valence-electron chi connectivity index (χ0n) is 19.4. The van der Waals surface area contributed by atoms with Crippen molar-refractivity contribution < 1.29 is 4.79 Å². The molecule has 2 aromatic carbocycles. The number of thiazole rings is 1. The number of carbonyl (C=O) groups is 1. The third kappa shape index (κ3) is 6.92. The summed E-state index contributed by atoms with van der Waals surface area (Å²) in [6.07, 6.45) is 1.79. The molecular weight excluding hydrogens is 553 g/mol. The molecule has 0 aliphatic carbocycles. The summed E-state index contributed by atoms with van der Waals surface area (Å²) in [5.74, 6) is 2.24. The van der Waals surface area contributed by atoms with Gasteiger partial charge in [0.25, 0.3) is 0 Å². The lowest BCUT2D eigenvalue weighted by Gasteiger charge is -2.08. The van der Waals surface area contributed by atoms with Crippen LogP contribution in [0.5, 0.6) is 0 Å². The molecule has 186 valence electrons. The van der Waals surface area contributed by atoms with Crippen LogP contribution in [0.2, 0.25) is 10.0 Å². The first kappa shape index (κ1) is 26.8. The average molecular weight is 577 g/mol. The van der Waals surface area contributed by atoms with Gasteiger partial charge in [-0.1, -0.05) is 77.4 Å². The number of rotatable bonds is 11. The van der Waals surface area contributed by atoms with Gasteiger partial charge in [0.15, 0.2) is 10.3 Å². The van der Waals surface area contributed by atoms with E-state index in [1.165, 1.54) is 23.1 Å². The number of halogens is 2. The monoisotopic (exact) mass is 575 g/mol. The van der Waals surface area contributed by atoms with Crippen molar-refractivity contribution in [3.63, 3.8) is 0 Å². The Morgan fingerprint density at radius 2 is 1.97 bits per heavy atom. The summed E-state index contributed by atoms with van der Waals surface area (Å²) in [4.78, 5) is 18.3. The fourth-order valence-electron chi connectivity index (χ4n) is 3.34. The lowest BCUT2D eigenvalue weighted by atomic mass is 10.1. The van der Waals surface area contributed by atoms with Gasteiger partial charge in [0, 0.05) is 32.8 Å². The molecule has 0 bridgehead atoms. The number of nitrogens with one attached hydrogen (secondary N) is 1. The highest BCUT2D eigenvalue weighted by Gasteiger charge is 2.16. The molecule has 1 amide bonds. The lowest BCUT2D eigenvalue weighted by Crippen LogP contribution is -2.14. The van der Waals surface area contributed by atoms with Gasteiger partial charge in [-0.3, -0.25) is 4.79 Å². The van der Waals surface area contributed by atoms with Crippen LogP contribution < -0.4 is 5.32 Å². The lowest BCUT2D eigenvalue weighted by molar-refractivity contribution is -0.113. The molecule has 2 heterocycles. The van der Waals surface area contributed by atoms with E-state index in [2.05, 4.69) is 27.1 Å². The number of carbonyl (C=O) groups excluding carboxylic acids is 1. The van der Waals surface area contributed by atoms with Gasteiger partial charge < -0.3 is 9.88 Å². The summed E-state index contributed by atoms with van der Waals surface area (Å²) in [6, 6.07) is 15.4. The number of hydrogen-bond acceptors (Lipinski definition) is 7. The zero-order valence-corrected chi connectivity index (χ0v) is 23.4. The maximum atomic E-state index is 12.6. The number of aryl methyl sites for hydroxylation is 1. The number of allylic oxidation sites excluding steroid dienone is 1. The molecule has 0 fully saturated rings. The molecule has 1 N–H and O–H groups in total.